The van der Waals surface area contributed by atoms with E-state index >= 15 is 0 Å². The summed E-state index contributed by atoms with van der Waals surface area (Å²) >= 11 is 0. The molecule has 1 unspecified atom stereocenters. The molecule has 2 amide bonds. The smallest absolute Gasteiger partial charge is 0.249 e. The Labute approximate surface area is 215 Å². The molecule has 190 valence electrons. The van der Waals surface area contributed by atoms with Crippen molar-refractivity contribution in [3.8, 4) is 5.75 Å². The molecule has 1 aliphatic rings. The lowest BCUT2D eigenvalue weighted by Gasteiger charge is -2.25. The van der Waals surface area contributed by atoms with Gasteiger partial charge in [0.2, 0.25) is 11.8 Å². The average molecular weight is 518 g/mol. The number of methoxy groups -OCH3 is 1. The Morgan fingerprint density at radius 3 is 2.49 bits per heavy atom. The lowest BCUT2D eigenvalue weighted by molar-refractivity contribution is -0.127. The normalized spacial score (nSPS) is 17.1. The first kappa shape index (κ1) is 24.6. The number of aromatic nitrogens is 1. The average Bonchev–Trinajstić information content (AvgIpc) is 3.26. The van der Waals surface area contributed by atoms with Crippen LogP contribution in [0.5, 0.6) is 5.75 Å². The Balaban J connectivity index is 1.55. The number of ether oxygens (including phenoxy) is 1. The number of aromatic amines is 1. The summed E-state index contributed by atoms with van der Waals surface area (Å²) in [6.45, 7) is 0. The first-order valence-electron chi connectivity index (χ1n) is 11.9. The predicted octanol–water partition coefficient (Wildman–Crippen LogP) is 3.40. The summed E-state index contributed by atoms with van der Waals surface area (Å²) in [6, 6.07) is 20.6. The molecular weight excluding hydrogens is 490 g/mol. The monoisotopic (exact) mass is 517 g/mol. The fraction of sp³-hybridized carbons (Fsp3) is 0.214. The standard InChI is InChI=1S/C28H27N3O5S/c1-31(20-10-12-21(36-2)13-11-20)28(33)25-15-18-6-5-7-19(14-18)17-37(34,35)27-23(16-26(32)29-25)22-8-3-4-9-24(22)30-27/h3-14,25,30H,15-17H2,1-2H3,(H,29,32). The molecule has 2 N–H and O–H groups in total. The van der Waals surface area contributed by atoms with E-state index in [-0.39, 0.29) is 29.5 Å². The highest BCUT2D eigenvalue weighted by Gasteiger charge is 2.30. The SMILES string of the molecule is COc1ccc(N(C)C(=O)C2Cc3cccc(c3)CS(=O)(=O)c3[nH]c4ccccc4c3CC(=O)N2)cc1. The number of hydrogen-bond acceptors (Lipinski definition) is 5. The van der Waals surface area contributed by atoms with Crippen molar-refractivity contribution in [2.45, 2.75) is 29.7 Å². The molecule has 5 rings (SSSR count). The summed E-state index contributed by atoms with van der Waals surface area (Å²) in [6.07, 6.45) is 0.0439. The fourth-order valence-electron chi connectivity index (χ4n) is 4.76. The zero-order chi connectivity index (χ0) is 26.2. The molecule has 8 nitrogen and oxygen atoms in total. The van der Waals surface area contributed by atoms with Gasteiger partial charge in [0.15, 0.2) is 9.84 Å². The van der Waals surface area contributed by atoms with Crippen LogP contribution in [0.3, 0.4) is 0 Å². The van der Waals surface area contributed by atoms with Crippen molar-refractivity contribution in [3.05, 3.63) is 89.5 Å². The molecule has 2 bridgehead atoms. The van der Waals surface area contributed by atoms with Crippen LogP contribution in [0.2, 0.25) is 0 Å². The number of H-pyrrole nitrogens is 1. The van der Waals surface area contributed by atoms with Crippen LogP contribution >= 0.6 is 0 Å². The summed E-state index contributed by atoms with van der Waals surface area (Å²) in [5, 5.41) is 3.58. The van der Waals surface area contributed by atoms with Crippen molar-refractivity contribution < 1.29 is 22.7 Å². The molecule has 0 aliphatic carbocycles. The van der Waals surface area contributed by atoms with Gasteiger partial charge in [0.05, 0.1) is 19.3 Å². The molecule has 0 saturated carbocycles. The third kappa shape index (κ3) is 4.95. The number of benzene rings is 3. The number of para-hydroxylation sites is 1. The number of amides is 2. The summed E-state index contributed by atoms with van der Waals surface area (Å²) in [5.41, 5.74) is 3.07. The number of carbonyl (C=O) groups is 2. The first-order chi connectivity index (χ1) is 17.7. The van der Waals surface area contributed by atoms with Gasteiger partial charge in [-0.05, 0) is 41.5 Å². The number of nitrogens with zero attached hydrogens (tertiary/aromatic N) is 1. The minimum atomic E-state index is -3.76. The lowest BCUT2D eigenvalue weighted by Crippen LogP contribution is -2.49. The minimum Gasteiger partial charge on any atom is -0.497 e. The summed E-state index contributed by atoms with van der Waals surface area (Å²) < 4.78 is 32.1. The van der Waals surface area contributed by atoms with Crippen LogP contribution in [0, 0.1) is 0 Å². The topological polar surface area (TPSA) is 109 Å². The molecule has 0 radical (unpaired) electrons. The summed E-state index contributed by atoms with van der Waals surface area (Å²) in [5.74, 6) is -0.260. The highest BCUT2D eigenvalue weighted by atomic mass is 32.2. The van der Waals surface area contributed by atoms with Crippen molar-refractivity contribution in [1.29, 1.82) is 0 Å². The largest absolute Gasteiger partial charge is 0.497 e. The Kier molecular flexibility index (Phi) is 6.47. The molecule has 1 atom stereocenters. The quantitative estimate of drug-likeness (QED) is 0.433. The van der Waals surface area contributed by atoms with Gasteiger partial charge < -0.3 is 19.9 Å². The maximum absolute atomic E-state index is 13.6. The Morgan fingerprint density at radius 2 is 1.73 bits per heavy atom. The maximum Gasteiger partial charge on any atom is 0.249 e. The van der Waals surface area contributed by atoms with Crippen molar-refractivity contribution in [2.75, 3.05) is 19.1 Å². The minimum absolute atomic E-state index is 0.0352. The summed E-state index contributed by atoms with van der Waals surface area (Å²) in [7, 11) is -0.526. The van der Waals surface area contributed by atoms with Crippen LogP contribution < -0.4 is 15.0 Å². The number of sulfone groups is 1. The van der Waals surface area contributed by atoms with E-state index in [9.17, 15) is 18.0 Å². The van der Waals surface area contributed by atoms with Crippen molar-refractivity contribution in [1.82, 2.24) is 10.3 Å². The van der Waals surface area contributed by atoms with Gasteiger partial charge in [-0.1, -0.05) is 42.5 Å². The highest BCUT2D eigenvalue weighted by molar-refractivity contribution is 7.90. The third-order valence-electron chi connectivity index (χ3n) is 6.63. The van der Waals surface area contributed by atoms with E-state index in [1.807, 2.05) is 6.07 Å². The van der Waals surface area contributed by atoms with Crippen LogP contribution in [0.25, 0.3) is 10.9 Å². The molecule has 1 aliphatic heterocycles. The van der Waals surface area contributed by atoms with Gasteiger partial charge in [-0.2, -0.15) is 0 Å². The second kappa shape index (κ2) is 9.74. The third-order valence-corrected chi connectivity index (χ3v) is 8.32. The number of likely N-dealkylation sites (N-methyl/N-ethyl adjacent to an activating group) is 1. The van der Waals surface area contributed by atoms with Gasteiger partial charge in [0.25, 0.3) is 0 Å². The molecule has 4 aromatic rings. The zero-order valence-corrected chi connectivity index (χ0v) is 21.3. The molecule has 37 heavy (non-hydrogen) atoms. The van der Waals surface area contributed by atoms with E-state index in [1.165, 1.54) is 4.90 Å². The van der Waals surface area contributed by atoms with Crippen molar-refractivity contribution in [2.24, 2.45) is 0 Å². The molecule has 1 aromatic heterocycles. The second-order valence-corrected chi connectivity index (χ2v) is 11.1. The van der Waals surface area contributed by atoms with Crippen molar-refractivity contribution in [3.63, 3.8) is 0 Å². The van der Waals surface area contributed by atoms with Gasteiger partial charge in [-0.25, -0.2) is 8.42 Å². The van der Waals surface area contributed by atoms with Crippen LogP contribution in [-0.2, 0) is 38.0 Å². The van der Waals surface area contributed by atoms with E-state index in [0.717, 1.165) is 5.56 Å². The van der Waals surface area contributed by atoms with Gasteiger partial charge in [0.1, 0.15) is 16.8 Å². The number of rotatable bonds is 3. The molecule has 9 heteroatoms. The van der Waals surface area contributed by atoms with Gasteiger partial charge in [-0.15, -0.1) is 0 Å². The van der Waals surface area contributed by atoms with Gasteiger partial charge in [-0.3, -0.25) is 9.59 Å². The first-order valence-corrected chi connectivity index (χ1v) is 13.5. The van der Waals surface area contributed by atoms with E-state index < -0.39 is 21.8 Å². The Morgan fingerprint density at radius 1 is 1.00 bits per heavy atom. The van der Waals surface area contributed by atoms with E-state index in [4.69, 9.17) is 4.74 Å². The lowest BCUT2D eigenvalue weighted by atomic mass is 10.0. The number of nitrogens with one attached hydrogen (secondary N) is 2. The highest BCUT2D eigenvalue weighted by Crippen LogP contribution is 2.29. The van der Waals surface area contributed by atoms with Gasteiger partial charge in [0, 0.05) is 35.6 Å². The van der Waals surface area contributed by atoms with Crippen LogP contribution in [0.4, 0.5) is 5.69 Å². The van der Waals surface area contributed by atoms with E-state index in [1.54, 1.807) is 80.9 Å². The number of carbonyl (C=O) groups excluding carboxylic acids is 2. The van der Waals surface area contributed by atoms with Crippen LogP contribution in [0.15, 0.2) is 77.8 Å². The molecule has 2 heterocycles. The Hall–Kier alpha value is -4.11. The maximum atomic E-state index is 13.6. The molecule has 0 fully saturated rings. The predicted molar refractivity (Wildman–Crippen MR) is 141 cm³/mol. The van der Waals surface area contributed by atoms with Gasteiger partial charge >= 0.3 is 0 Å². The van der Waals surface area contributed by atoms with Crippen LogP contribution in [0.1, 0.15) is 16.7 Å². The summed E-state index contributed by atoms with van der Waals surface area (Å²) in [4.78, 5) is 31.4. The fourth-order valence-corrected chi connectivity index (χ4v) is 6.35. The van der Waals surface area contributed by atoms with Crippen molar-refractivity contribution >= 4 is 38.2 Å². The number of anilines is 1. The molecular formula is C28H27N3O5S. The van der Waals surface area contributed by atoms with Crippen LogP contribution in [-0.4, -0.2) is 45.4 Å². The molecule has 0 spiro atoms. The molecule has 0 saturated heterocycles. The Bertz CT molecular complexity index is 1590. The number of fused-ring (bicyclic) bond motifs is 5. The molecule has 3 aromatic carbocycles. The van der Waals surface area contributed by atoms with E-state index in [0.29, 0.717) is 33.5 Å². The zero-order valence-electron chi connectivity index (χ0n) is 20.5. The second-order valence-electron chi connectivity index (χ2n) is 9.15. The number of hydrogen-bond donors (Lipinski definition) is 2. The van der Waals surface area contributed by atoms with E-state index in [2.05, 4.69) is 10.3 Å².